The van der Waals surface area contributed by atoms with Gasteiger partial charge >= 0.3 is 0 Å². The number of rotatable bonds is 6. The Hall–Kier alpha value is -1.61. The quantitative estimate of drug-likeness (QED) is 0.728. The van der Waals surface area contributed by atoms with E-state index in [9.17, 15) is 8.42 Å². The van der Waals surface area contributed by atoms with Crippen LogP contribution in [0.3, 0.4) is 0 Å². The summed E-state index contributed by atoms with van der Waals surface area (Å²) in [6, 6.07) is 9.12. The highest BCUT2D eigenvalue weighted by Gasteiger charge is 2.15. The summed E-state index contributed by atoms with van der Waals surface area (Å²) < 4.78 is 27.2. The maximum Gasteiger partial charge on any atom is 0.250 e. The van der Waals surface area contributed by atoms with Gasteiger partial charge in [-0.05, 0) is 31.2 Å². The molecule has 5 nitrogen and oxygen atoms in total. The fourth-order valence-corrected chi connectivity index (χ4v) is 5.16. The van der Waals surface area contributed by atoms with Crippen LogP contribution < -0.4 is 4.72 Å². The van der Waals surface area contributed by atoms with E-state index >= 15 is 0 Å². The van der Waals surface area contributed by atoms with Gasteiger partial charge in [-0.1, -0.05) is 6.07 Å². The first-order valence-electron chi connectivity index (χ1n) is 6.96. The van der Waals surface area contributed by atoms with E-state index in [0.29, 0.717) is 17.2 Å². The zero-order valence-electron chi connectivity index (χ0n) is 12.4. The third kappa shape index (κ3) is 4.03. The molecule has 1 N–H and O–H groups in total. The molecule has 23 heavy (non-hydrogen) atoms. The van der Waals surface area contributed by atoms with Crippen LogP contribution in [0.5, 0.6) is 0 Å². The Labute approximate surface area is 143 Å². The summed E-state index contributed by atoms with van der Waals surface area (Å²) in [5.41, 5.74) is 1.69. The van der Waals surface area contributed by atoms with Crippen molar-refractivity contribution in [2.45, 2.75) is 17.6 Å². The van der Waals surface area contributed by atoms with Crippen LogP contribution >= 0.6 is 22.7 Å². The van der Waals surface area contributed by atoms with Crippen LogP contribution in [-0.2, 0) is 16.4 Å². The molecular formula is C15H15N3O2S3. The number of hydrogen-bond donors (Lipinski definition) is 1. The Balaban J connectivity index is 1.60. The molecule has 0 unspecified atom stereocenters. The van der Waals surface area contributed by atoms with Crippen LogP contribution in [0.2, 0.25) is 0 Å². The van der Waals surface area contributed by atoms with Crippen molar-refractivity contribution < 1.29 is 8.42 Å². The standard InChI is InChI=1S/C15H15N3O2S3/c1-11-5-6-14(22-11)23(19,20)17-9-7-12-10-21-15(18-12)13-4-2-3-8-16-13/h2-6,8,10,17H,7,9H2,1H3. The van der Waals surface area contributed by atoms with Gasteiger partial charge in [0.25, 0.3) is 0 Å². The molecule has 0 fully saturated rings. The molecule has 3 rings (SSSR count). The molecule has 0 amide bonds. The van der Waals surface area contributed by atoms with Gasteiger partial charge in [0.15, 0.2) is 0 Å². The summed E-state index contributed by atoms with van der Waals surface area (Å²) in [7, 11) is -3.42. The zero-order valence-corrected chi connectivity index (χ0v) is 14.8. The Kier molecular flexibility index (Phi) is 4.86. The molecule has 0 aliphatic carbocycles. The second-order valence-electron chi connectivity index (χ2n) is 4.87. The number of thiazole rings is 1. The van der Waals surface area contributed by atoms with Crippen molar-refractivity contribution in [2.24, 2.45) is 0 Å². The molecule has 0 radical (unpaired) electrons. The first-order chi connectivity index (χ1) is 11.0. The van der Waals surface area contributed by atoms with Crippen molar-refractivity contribution >= 4 is 32.7 Å². The second-order valence-corrected chi connectivity index (χ2v) is 9.01. The van der Waals surface area contributed by atoms with Gasteiger partial charge in [-0.2, -0.15) is 0 Å². The molecule has 0 spiro atoms. The molecule has 0 aliphatic heterocycles. The first-order valence-corrected chi connectivity index (χ1v) is 10.1. The van der Waals surface area contributed by atoms with Gasteiger partial charge < -0.3 is 0 Å². The summed E-state index contributed by atoms with van der Waals surface area (Å²) in [6.45, 7) is 2.21. The van der Waals surface area contributed by atoms with Crippen molar-refractivity contribution in [1.29, 1.82) is 0 Å². The number of pyridine rings is 1. The zero-order chi connectivity index (χ0) is 16.3. The Morgan fingerprint density at radius 3 is 2.78 bits per heavy atom. The number of hydrogen-bond acceptors (Lipinski definition) is 6. The monoisotopic (exact) mass is 365 g/mol. The molecule has 120 valence electrons. The third-order valence-corrected chi connectivity index (χ3v) is 6.96. The average molecular weight is 366 g/mol. The summed E-state index contributed by atoms with van der Waals surface area (Å²) in [5.74, 6) is 0. The minimum Gasteiger partial charge on any atom is -0.254 e. The minimum atomic E-state index is -3.42. The van der Waals surface area contributed by atoms with E-state index in [4.69, 9.17) is 0 Å². The fourth-order valence-electron chi connectivity index (χ4n) is 1.97. The van der Waals surface area contributed by atoms with Gasteiger partial charge in [0, 0.05) is 29.4 Å². The van der Waals surface area contributed by atoms with Gasteiger partial charge in [-0.25, -0.2) is 18.1 Å². The van der Waals surface area contributed by atoms with E-state index in [0.717, 1.165) is 21.3 Å². The highest BCUT2D eigenvalue weighted by Crippen LogP contribution is 2.22. The topological polar surface area (TPSA) is 72.0 Å². The molecule has 0 saturated heterocycles. The molecule has 0 atom stereocenters. The Bertz CT molecular complexity index is 886. The van der Waals surface area contributed by atoms with E-state index in [1.165, 1.54) is 22.7 Å². The van der Waals surface area contributed by atoms with Gasteiger partial charge in [0.05, 0.1) is 11.4 Å². The van der Waals surface area contributed by atoms with Crippen molar-refractivity contribution in [2.75, 3.05) is 6.54 Å². The molecule has 8 heteroatoms. The van der Waals surface area contributed by atoms with E-state index < -0.39 is 10.0 Å². The molecule has 0 saturated carbocycles. The van der Waals surface area contributed by atoms with Gasteiger partial charge in [-0.3, -0.25) is 4.98 Å². The van der Waals surface area contributed by atoms with E-state index in [-0.39, 0.29) is 0 Å². The summed E-state index contributed by atoms with van der Waals surface area (Å²) in [6.07, 6.45) is 2.28. The smallest absolute Gasteiger partial charge is 0.250 e. The molecular weight excluding hydrogens is 350 g/mol. The first kappa shape index (κ1) is 16.3. The highest BCUT2D eigenvalue weighted by molar-refractivity contribution is 7.91. The van der Waals surface area contributed by atoms with Crippen LogP contribution in [0, 0.1) is 6.92 Å². The summed E-state index contributed by atoms with van der Waals surface area (Å²) in [5, 5.41) is 2.78. The maximum absolute atomic E-state index is 12.1. The van der Waals surface area contributed by atoms with Crippen molar-refractivity contribution in [3.8, 4) is 10.7 Å². The molecule has 0 aliphatic rings. The van der Waals surface area contributed by atoms with Crippen LogP contribution in [-0.4, -0.2) is 24.9 Å². The van der Waals surface area contributed by atoms with E-state index in [1.807, 2.05) is 30.5 Å². The second kappa shape index (κ2) is 6.88. The van der Waals surface area contributed by atoms with Crippen molar-refractivity contribution in [1.82, 2.24) is 14.7 Å². The van der Waals surface area contributed by atoms with Crippen LogP contribution in [0.4, 0.5) is 0 Å². The van der Waals surface area contributed by atoms with Gasteiger partial charge in [0.2, 0.25) is 10.0 Å². The highest BCUT2D eigenvalue weighted by atomic mass is 32.2. The number of aromatic nitrogens is 2. The lowest BCUT2D eigenvalue weighted by atomic mass is 10.3. The Morgan fingerprint density at radius 1 is 1.22 bits per heavy atom. The summed E-state index contributed by atoms with van der Waals surface area (Å²) >= 11 is 2.78. The number of nitrogens with zero attached hydrogens (tertiary/aromatic N) is 2. The fraction of sp³-hybridized carbons (Fsp3) is 0.200. The predicted molar refractivity (Wildman–Crippen MR) is 93.3 cm³/mol. The van der Waals surface area contributed by atoms with Gasteiger partial charge in [-0.15, -0.1) is 22.7 Å². The predicted octanol–water partition coefficient (Wildman–Crippen LogP) is 3.10. The number of thiophene rings is 1. The van der Waals surface area contributed by atoms with Crippen LogP contribution in [0.15, 0.2) is 46.1 Å². The Morgan fingerprint density at radius 2 is 2.09 bits per heavy atom. The van der Waals surface area contributed by atoms with E-state index in [1.54, 1.807) is 18.3 Å². The van der Waals surface area contributed by atoms with Crippen LogP contribution in [0.1, 0.15) is 10.6 Å². The SMILES string of the molecule is Cc1ccc(S(=O)(=O)NCCc2csc(-c3ccccn3)n2)s1. The lowest BCUT2D eigenvalue weighted by Crippen LogP contribution is -2.25. The van der Waals surface area contributed by atoms with Crippen molar-refractivity contribution in [3.05, 3.63) is 52.5 Å². The molecule has 0 bridgehead atoms. The number of nitrogens with one attached hydrogen (secondary N) is 1. The number of sulfonamides is 1. The minimum absolute atomic E-state index is 0.324. The maximum atomic E-state index is 12.1. The normalized spacial score (nSPS) is 11.7. The van der Waals surface area contributed by atoms with Gasteiger partial charge in [0.1, 0.15) is 9.22 Å². The molecule has 3 aromatic heterocycles. The van der Waals surface area contributed by atoms with Crippen molar-refractivity contribution in [3.63, 3.8) is 0 Å². The molecule has 3 heterocycles. The molecule has 0 aromatic carbocycles. The lowest BCUT2D eigenvalue weighted by molar-refractivity contribution is 0.583. The largest absolute Gasteiger partial charge is 0.254 e. The molecule has 3 aromatic rings. The average Bonchev–Trinajstić information content (AvgIpc) is 3.17. The van der Waals surface area contributed by atoms with E-state index in [2.05, 4.69) is 14.7 Å². The lowest BCUT2D eigenvalue weighted by Gasteiger charge is -2.03. The third-order valence-electron chi connectivity index (χ3n) is 3.09. The number of aryl methyl sites for hydroxylation is 1. The van der Waals surface area contributed by atoms with Crippen LogP contribution in [0.25, 0.3) is 10.7 Å². The summed E-state index contributed by atoms with van der Waals surface area (Å²) in [4.78, 5) is 9.74.